The SMILES string of the molecule is CC1(C)CC(c2ccccc2)CN1C(=O)c1cc2c(o1)CCCNC2=O. The average molecular weight is 352 g/mol. The Balaban J connectivity index is 1.60. The number of nitrogens with zero attached hydrogens (tertiary/aromatic N) is 1. The Morgan fingerprint density at radius 3 is 2.81 bits per heavy atom. The topological polar surface area (TPSA) is 62.6 Å². The van der Waals surface area contributed by atoms with E-state index in [1.165, 1.54) is 5.56 Å². The Labute approximate surface area is 153 Å². The monoisotopic (exact) mass is 352 g/mol. The van der Waals surface area contributed by atoms with Gasteiger partial charge in [-0.05, 0) is 32.3 Å². The highest BCUT2D eigenvalue weighted by atomic mass is 16.4. The second kappa shape index (κ2) is 6.31. The van der Waals surface area contributed by atoms with E-state index in [1.807, 2.05) is 23.1 Å². The molecule has 1 atom stereocenters. The summed E-state index contributed by atoms with van der Waals surface area (Å²) < 4.78 is 5.81. The summed E-state index contributed by atoms with van der Waals surface area (Å²) >= 11 is 0. The lowest BCUT2D eigenvalue weighted by molar-refractivity contribution is 0.0616. The minimum atomic E-state index is -0.260. The molecule has 1 unspecified atom stereocenters. The van der Waals surface area contributed by atoms with Crippen molar-refractivity contribution in [2.24, 2.45) is 0 Å². The summed E-state index contributed by atoms with van der Waals surface area (Å²) in [4.78, 5) is 27.2. The van der Waals surface area contributed by atoms with Gasteiger partial charge < -0.3 is 14.6 Å². The molecule has 1 saturated heterocycles. The molecule has 2 amide bonds. The number of furan rings is 1. The van der Waals surface area contributed by atoms with Crippen LogP contribution in [0.5, 0.6) is 0 Å². The first-order valence-corrected chi connectivity index (χ1v) is 9.23. The van der Waals surface area contributed by atoms with Gasteiger partial charge >= 0.3 is 0 Å². The molecule has 0 bridgehead atoms. The van der Waals surface area contributed by atoms with Crippen LogP contribution in [0, 0.1) is 0 Å². The third kappa shape index (κ3) is 2.91. The molecule has 4 rings (SSSR count). The second-order valence-corrected chi connectivity index (χ2v) is 7.85. The van der Waals surface area contributed by atoms with Gasteiger partial charge in [-0.3, -0.25) is 9.59 Å². The fourth-order valence-corrected chi connectivity index (χ4v) is 4.14. The van der Waals surface area contributed by atoms with Crippen LogP contribution in [-0.4, -0.2) is 35.3 Å². The van der Waals surface area contributed by atoms with Gasteiger partial charge in [0.1, 0.15) is 5.76 Å². The molecule has 136 valence electrons. The Bertz CT molecular complexity index is 838. The van der Waals surface area contributed by atoms with E-state index in [0.29, 0.717) is 36.8 Å². The minimum Gasteiger partial charge on any atom is -0.455 e. The quantitative estimate of drug-likeness (QED) is 0.901. The van der Waals surface area contributed by atoms with Gasteiger partial charge in [-0.2, -0.15) is 0 Å². The van der Waals surface area contributed by atoms with Crippen LogP contribution in [0.4, 0.5) is 0 Å². The second-order valence-electron chi connectivity index (χ2n) is 7.85. The summed E-state index contributed by atoms with van der Waals surface area (Å²) in [5, 5.41) is 2.84. The van der Waals surface area contributed by atoms with Crippen LogP contribution in [-0.2, 0) is 6.42 Å². The average Bonchev–Trinajstić information content (AvgIpc) is 3.15. The lowest BCUT2D eigenvalue weighted by atomic mass is 9.91. The standard InChI is InChI=1S/C21H24N2O3/c1-21(2)12-15(14-7-4-3-5-8-14)13-23(21)20(25)18-11-16-17(26-18)9-6-10-22-19(16)24/h3-5,7-8,11,15H,6,9-10,12-13H2,1-2H3,(H,22,24). The normalized spacial score (nSPS) is 21.8. The number of carbonyl (C=O) groups is 2. The van der Waals surface area contributed by atoms with E-state index >= 15 is 0 Å². The van der Waals surface area contributed by atoms with Gasteiger partial charge in [-0.15, -0.1) is 0 Å². The highest BCUT2D eigenvalue weighted by Crippen LogP contribution is 2.39. The molecule has 0 radical (unpaired) electrons. The number of fused-ring (bicyclic) bond motifs is 1. The summed E-state index contributed by atoms with van der Waals surface area (Å²) in [6.07, 6.45) is 2.41. The van der Waals surface area contributed by atoms with Gasteiger partial charge in [0.15, 0.2) is 5.76 Å². The van der Waals surface area contributed by atoms with Crippen molar-refractivity contribution in [1.29, 1.82) is 0 Å². The fraction of sp³-hybridized carbons (Fsp3) is 0.429. The van der Waals surface area contributed by atoms with Crippen LogP contribution in [0.15, 0.2) is 40.8 Å². The highest BCUT2D eigenvalue weighted by molar-refractivity contribution is 5.99. The molecule has 2 aromatic rings. The lowest BCUT2D eigenvalue weighted by Gasteiger charge is -2.30. The van der Waals surface area contributed by atoms with Crippen molar-refractivity contribution >= 4 is 11.8 Å². The van der Waals surface area contributed by atoms with Gasteiger partial charge in [0, 0.05) is 37.0 Å². The largest absolute Gasteiger partial charge is 0.455 e. The van der Waals surface area contributed by atoms with E-state index < -0.39 is 0 Å². The van der Waals surface area contributed by atoms with Gasteiger partial charge in [0.25, 0.3) is 11.8 Å². The van der Waals surface area contributed by atoms with Gasteiger partial charge in [0.05, 0.1) is 5.56 Å². The predicted octanol–water partition coefficient (Wildman–Crippen LogP) is 3.36. The first kappa shape index (κ1) is 16.9. The van der Waals surface area contributed by atoms with E-state index in [9.17, 15) is 9.59 Å². The van der Waals surface area contributed by atoms with Crippen molar-refractivity contribution in [3.63, 3.8) is 0 Å². The number of carbonyl (C=O) groups excluding carboxylic acids is 2. The van der Waals surface area contributed by atoms with Gasteiger partial charge in [-0.25, -0.2) is 0 Å². The van der Waals surface area contributed by atoms with E-state index in [4.69, 9.17) is 4.42 Å². The molecule has 2 aliphatic heterocycles. The molecule has 3 heterocycles. The summed E-state index contributed by atoms with van der Waals surface area (Å²) in [6.45, 7) is 5.49. The lowest BCUT2D eigenvalue weighted by Crippen LogP contribution is -2.42. The maximum absolute atomic E-state index is 13.2. The summed E-state index contributed by atoms with van der Waals surface area (Å²) in [7, 11) is 0. The molecule has 1 aromatic carbocycles. The maximum Gasteiger partial charge on any atom is 0.290 e. The first-order valence-electron chi connectivity index (χ1n) is 9.23. The number of rotatable bonds is 2. The maximum atomic E-state index is 13.2. The predicted molar refractivity (Wildman–Crippen MR) is 98.3 cm³/mol. The minimum absolute atomic E-state index is 0.130. The zero-order chi connectivity index (χ0) is 18.3. The number of amides is 2. The number of benzene rings is 1. The van der Waals surface area contributed by atoms with Crippen molar-refractivity contribution in [1.82, 2.24) is 10.2 Å². The smallest absolute Gasteiger partial charge is 0.290 e. The van der Waals surface area contributed by atoms with E-state index in [2.05, 4.69) is 31.3 Å². The molecule has 1 aromatic heterocycles. The molecule has 2 aliphatic rings. The van der Waals surface area contributed by atoms with Gasteiger partial charge in [0.2, 0.25) is 0 Å². The van der Waals surface area contributed by atoms with Crippen LogP contribution in [0.25, 0.3) is 0 Å². The first-order chi connectivity index (χ1) is 12.5. The number of hydrogen-bond acceptors (Lipinski definition) is 3. The van der Waals surface area contributed by atoms with Crippen molar-refractivity contribution in [2.45, 2.75) is 44.6 Å². The molecule has 1 fully saturated rings. The van der Waals surface area contributed by atoms with Crippen LogP contribution >= 0.6 is 0 Å². The fourth-order valence-electron chi connectivity index (χ4n) is 4.14. The molecule has 26 heavy (non-hydrogen) atoms. The van der Waals surface area contributed by atoms with Gasteiger partial charge in [-0.1, -0.05) is 30.3 Å². The summed E-state index contributed by atoms with van der Waals surface area (Å²) in [5.74, 6) is 0.928. The summed E-state index contributed by atoms with van der Waals surface area (Å²) in [5.41, 5.74) is 1.50. The zero-order valence-corrected chi connectivity index (χ0v) is 15.2. The van der Waals surface area contributed by atoms with E-state index in [-0.39, 0.29) is 23.1 Å². The molecule has 5 nitrogen and oxygen atoms in total. The van der Waals surface area contributed by atoms with Crippen molar-refractivity contribution < 1.29 is 14.0 Å². The van der Waals surface area contributed by atoms with Crippen molar-refractivity contribution in [3.8, 4) is 0 Å². The number of hydrogen-bond donors (Lipinski definition) is 1. The van der Waals surface area contributed by atoms with Crippen LogP contribution < -0.4 is 5.32 Å². The third-order valence-corrected chi connectivity index (χ3v) is 5.53. The third-order valence-electron chi connectivity index (χ3n) is 5.53. The molecular formula is C21H24N2O3. The molecule has 0 saturated carbocycles. The summed E-state index contributed by atoms with van der Waals surface area (Å²) in [6, 6.07) is 11.9. The number of aryl methyl sites for hydroxylation is 1. The van der Waals surface area contributed by atoms with Crippen molar-refractivity contribution in [3.05, 3.63) is 59.0 Å². The molecule has 1 N–H and O–H groups in total. The van der Waals surface area contributed by atoms with E-state index in [1.54, 1.807) is 6.07 Å². The number of likely N-dealkylation sites (tertiary alicyclic amines) is 1. The molecule has 0 aliphatic carbocycles. The van der Waals surface area contributed by atoms with Crippen LogP contribution in [0.1, 0.15) is 64.8 Å². The Kier molecular flexibility index (Phi) is 4.10. The molecule has 0 spiro atoms. The van der Waals surface area contributed by atoms with Crippen molar-refractivity contribution in [2.75, 3.05) is 13.1 Å². The van der Waals surface area contributed by atoms with Crippen LogP contribution in [0.2, 0.25) is 0 Å². The molecular weight excluding hydrogens is 328 g/mol. The highest BCUT2D eigenvalue weighted by Gasteiger charge is 2.43. The Morgan fingerprint density at radius 2 is 2.04 bits per heavy atom. The Morgan fingerprint density at radius 1 is 1.27 bits per heavy atom. The van der Waals surface area contributed by atoms with E-state index in [0.717, 1.165) is 12.8 Å². The Hall–Kier alpha value is -2.56. The molecule has 5 heteroatoms. The number of nitrogens with one attached hydrogen (secondary N) is 1. The van der Waals surface area contributed by atoms with Crippen LogP contribution in [0.3, 0.4) is 0 Å². The zero-order valence-electron chi connectivity index (χ0n) is 15.2.